The highest BCUT2D eigenvalue weighted by Gasteiger charge is 2.11. The Morgan fingerprint density at radius 1 is 1.39 bits per heavy atom. The van der Waals surface area contributed by atoms with E-state index in [1.54, 1.807) is 0 Å². The molecule has 0 aliphatic rings. The van der Waals surface area contributed by atoms with Crippen LogP contribution in [0, 0.1) is 0 Å². The first-order valence-electron chi connectivity index (χ1n) is 4.92. The number of phenols is 2. The Labute approximate surface area is 106 Å². The van der Waals surface area contributed by atoms with Crippen LogP contribution >= 0.6 is 11.8 Å². The number of hydrogen-bond donors (Lipinski definition) is 4. The normalized spacial score (nSPS) is 10.4. The quantitative estimate of drug-likeness (QED) is 0.366. The molecule has 7 nitrogen and oxygen atoms in total. The molecular weight excluding hydrogens is 256 g/mol. The van der Waals surface area contributed by atoms with Crippen LogP contribution in [0.4, 0.5) is 5.95 Å². The number of ketones is 1. The Hall–Kier alpha value is -2.22. The molecule has 2 rings (SSSR count). The SMILES string of the molecule is Nc1nc(SCC(=O)c2ccc(O)c(O)c2)n[nH]1. The van der Waals surface area contributed by atoms with E-state index in [0.717, 1.165) is 11.8 Å². The summed E-state index contributed by atoms with van der Waals surface area (Å²) in [6.07, 6.45) is 0. The van der Waals surface area contributed by atoms with Crippen molar-refractivity contribution in [3.8, 4) is 11.5 Å². The molecule has 5 N–H and O–H groups in total. The van der Waals surface area contributed by atoms with Crippen molar-refractivity contribution in [3.05, 3.63) is 23.8 Å². The molecule has 0 aliphatic carbocycles. The maximum atomic E-state index is 11.8. The van der Waals surface area contributed by atoms with Crippen molar-refractivity contribution in [2.24, 2.45) is 0 Å². The maximum absolute atomic E-state index is 11.8. The molecule has 18 heavy (non-hydrogen) atoms. The van der Waals surface area contributed by atoms with Crippen LogP contribution in [0.1, 0.15) is 10.4 Å². The van der Waals surface area contributed by atoms with Gasteiger partial charge in [0.1, 0.15) is 0 Å². The van der Waals surface area contributed by atoms with E-state index in [-0.39, 0.29) is 29.0 Å². The number of thioether (sulfide) groups is 1. The number of phenolic OH excluding ortho intramolecular Hbond substituents is 2. The van der Waals surface area contributed by atoms with E-state index >= 15 is 0 Å². The number of H-pyrrole nitrogens is 1. The van der Waals surface area contributed by atoms with Gasteiger partial charge in [-0.1, -0.05) is 11.8 Å². The van der Waals surface area contributed by atoms with Crippen molar-refractivity contribution in [1.29, 1.82) is 0 Å². The number of rotatable bonds is 4. The highest BCUT2D eigenvalue weighted by atomic mass is 32.2. The molecule has 1 heterocycles. The van der Waals surface area contributed by atoms with Crippen LogP contribution in [0.15, 0.2) is 23.4 Å². The van der Waals surface area contributed by atoms with Gasteiger partial charge in [0.2, 0.25) is 11.1 Å². The van der Waals surface area contributed by atoms with E-state index in [9.17, 15) is 9.90 Å². The summed E-state index contributed by atoms with van der Waals surface area (Å²) in [5, 5.41) is 25.0. The van der Waals surface area contributed by atoms with Gasteiger partial charge in [-0.15, -0.1) is 5.10 Å². The zero-order chi connectivity index (χ0) is 13.1. The predicted octanol–water partition coefficient (Wildman–Crippen LogP) is 0.773. The number of aromatic hydroxyl groups is 2. The number of nitrogen functional groups attached to an aromatic ring is 1. The van der Waals surface area contributed by atoms with Gasteiger partial charge in [0.15, 0.2) is 17.3 Å². The summed E-state index contributed by atoms with van der Waals surface area (Å²) in [6, 6.07) is 3.91. The Kier molecular flexibility index (Phi) is 3.38. The number of hydrogen-bond acceptors (Lipinski definition) is 7. The Morgan fingerprint density at radius 3 is 2.78 bits per heavy atom. The molecule has 0 radical (unpaired) electrons. The van der Waals surface area contributed by atoms with Crippen molar-refractivity contribution >= 4 is 23.5 Å². The molecule has 1 aromatic heterocycles. The summed E-state index contributed by atoms with van der Waals surface area (Å²) in [5.74, 6) is -0.499. The van der Waals surface area contributed by atoms with E-state index in [1.807, 2.05) is 0 Å². The predicted molar refractivity (Wildman–Crippen MR) is 65.6 cm³/mol. The molecule has 1 aromatic carbocycles. The van der Waals surface area contributed by atoms with Gasteiger partial charge in [0.25, 0.3) is 0 Å². The molecule has 0 bridgehead atoms. The second-order valence-electron chi connectivity index (χ2n) is 3.42. The van der Waals surface area contributed by atoms with Crippen molar-refractivity contribution in [2.75, 3.05) is 11.5 Å². The zero-order valence-electron chi connectivity index (χ0n) is 9.12. The molecule has 0 fully saturated rings. The van der Waals surface area contributed by atoms with E-state index in [1.165, 1.54) is 18.2 Å². The van der Waals surface area contributed by atoms with Gasteiger partial charge < -0.3 is 15.9 Å². The zero-order valence-corrected chi connectivity index (χ0v) is 9.94. The number of benzene rings is 1. The number of nitrogens with two attached hydrogens (primary N) is 1. The summed E-state index contributed by atoms with van der Waals surface area (Å²) in [4.78, 5) is 15.6. The molecule has 0 spiro atoms. The first kappa shape index (κ1) is 12.2. The number of aromatic nitrogens is 3. The smallest absolute Gasteiger partial charge is 0.216 e. The standard InChI is InChI=1S/C10H10N4O3S/c11-9-12-10(14-13-9)18-4-8(17)5-1-2-6(15)7(16)3-5/h1-3,15-16H,4H2,(H3,11,12,13,14). The minimum Gasteiger partial charge on any atom is -0.504 e. The van der Waals surface area contributed by atoms with Crippen LogP contribution in [0.3, 0.4) is 0 Å². The molecule has 0 amide bonds. The fourth-order valence-corrected chi connectivity index (χ4v) is 1.93. The highest BCUT2D eigenvalue weighted by molar-refractivity contribution is 7.99. The Balaban J connectivity index is 2.01. The number of nitrogens with one attached hydrogen (secondary N) is 1. The van der Waals surface area contributed by atoms with Gasteiger partial charge >= 0.3 is 0 Å². The van der Waals surface area contributed by atoms with Crippen LogP contribution in [0.5, 0.6) is 11.5 Å². The van der Waals surface area contributed by atoms with Crippen LogP contribution in [-0.4, -0.2) is 36.9 Å². The lowest BCUT2D eigenvalue weighted by molar-refractivity contribution is 0.102. The molecule has 0 saturated carbocycles. The van der Waals surface area contributed by atoms with Crippen molar-refractivity contribution in [2.45, 2.75) is 5.16 Å². The van der Waals surface area contributed by atoms with Crippen LogP contribution in [-0.2, 0) is 0 Å². The van der Waals surface area contributed by atoms with Gasteiger partial charge in [-0.2, -0.15) is 4.98 Å². The fraction of sp³-hybridized carbons (Fsp3) is 0.100. The van der Waals surface area contributed by atoms with Crippen LogP contribution in [0.2, 0.25) is 0 Å². The minimum absolute atomic E-state index is 0.113. The summed E-state index contributed by atoms with van der Waals surface area (Å²) in [5.41, 5.74) is 5.65. The average molecular weight is 266 g/mol. The largest absolute Gasteiger partial charge is 0.504 e. The van der Waals surface area contributed by atoms with Gasteiger partial charge in [0.05, 0.1) is 5.75 Å². The molecule has 0 unspecified atom stereocenters. The van der Waals surface area contributed by atoms with Crippen molar-refractivity contribution < 1.29 is 15.0 Å². The lowest BCUT2D eigenvalue weighted by Gasteiger charge is -2.01. The van der Waals surface area contributed by atoms with E-state index in [4.69, 9.17) is 10.8 Å². The van der Waals surface area contributed by atoms with E-state index < -0.39 is 0 Å². The van der Waals surface area contributed by atoms with Crippen molar-refractivity contribution in [1.82, 2.24) is 15.2 Å². The molecule has 0 saturated heterocycles. The third-order valence-corrected chi connectivity index (χ3v) is 2.96. The number of anilines is 1. The summed E-state index contributed by atoms with van der Waals surface area (Å²) < 4.78 is 0. The monoisotopic (exact) mass is 266 g/mol. The van der Waals surface area contributed by atoms with Crippen LogP contribution in [0.25, 0.3) is 0 Å². The number of nitrogens with zero attached hydrogens (tertiary/aromatic N) is 2. The summed E-state index contributed by atoms with van der Waals surface area (Å²) in [7, 11) is 0. The summed E-state index contributed by atoms with van der Waals surface area (Å²) in [6.45, 7) is 0. The molecule has 0 atom stereocenters. The van der Waals surface area contributed by atoms with Gasteiger partial charge in [0, 0.05) is 5.56 Å². The molecule has 94 valence electrons. The minimum atomic E-state index is -0.326. The van der Waals surface area contributed by atoms with E-state index in [0.29, 0.717) is 10.7 Å². The molecular formula is C10H10N4O3S. The van der Waals surface area contributed by atoms with E-state index in [2.05, 4.69) is 15.2 Å². The fourth-order valence-electron chi connectivity index (χ4n) is 1.23. The van der Waals surface area contributed by atoms with Gasteiger partial charge in [-0.05, 0) is 18.2 Å². The summed E-state index contributed by atoms with van der Waals surface area (Å²) >= 11 is 1.13. The third kappa shape index (κ3) is 2.72. The second-order valence-corrected chi connectivity index (χ2v) is 4.36. The maximum Gasteiger partial charge on any atom is 0.216 e. The third-order valence-electron chi connectivity index (χ3n) is 2.11. The molecule has 8 heteroatoms. The molecule has 0 aliphatic heterocycles. The number of aromatic amines is 1. The Morgan fingerprint density at radius 2 is 2.17 bits per heavy atom. The van der Waals surface area contributed by atoms with Crippen molar-refractivity contribution in [3.63, 3.8) is 0 Å². The van der Waals surface area contributed by atoms with Gasteiger partial charge in [-0.3, -0.25) is 4.79 Å². The lowest BCUT2D eigenvalue weighted by atomic mass is 10.1. The topological polar surface area (TPSA) is 125 Å². The highest BCUT2D eigenvalue weighted by Crippen LogP contribution is 2.26. The number of carbonyl (C=O) groups is 1. The first-order valence-corrected chi connectivity index (χ1v) is 5.90. The molecule has 2 aromatic rings. The van der Waals surface area contributed by atoms with Gasteiger partial charge in [-0.25, -0.2) is 5.10 Å². The van der Waals surface area contributed by atoms with Crippen LogP contribution < -0.4 is 5.73 Å². The number of carbonyl (C=O) groups excluding carboxylic acids is 1. The Bertz CT molecular complexity index is 584. The average Bonchev–Trinajstić information content (AvgIpc) is 2.75. The first-order chi connectivity index (χ1) is 8.56. The number of Topliss-reactive ketones (excluding diaryl/α,β-unsaturated/α-hetero) is 1. The lowest BCUT2D eigenvalue weighted by Crippen LogP contribution is -2.02. The second kappa shape index (κ2) is 4.96.